The highest BCUT2D eigenvalue weighted by molar-refractivity contribution is 6.04. The molecule has 0 spiro atoms. The van der Waals surface area contributed by atoms with Gasteiger partial charge in [0, 0.05) is 13.2 Å². The highest BCUT2D eigenvalue weighted by Crippen LogP contribution is 2.12. The molecule has 0 aromatic heterocycles. The second kappa shape index (κ2) is 5.64. The number of nitrogens with one attached hydrogen (secondary N) is 1. The predicted molar refractivity (Wildman–Crippen MR) is 64.7 cm³/mol. The van der Waals surface area contributed by atoms with Gasteiger partial charge in [0.2, 0.25) is 0 Å². The van der Waals surface area contributed by atoms with Crippen LogP contribution in [-0.2, 0) is 4.74 Å². The van der Waals surface area contributed by atoms with Gasteiger partial charge in [-0.1, -0.05) is 12.1 Å². The minimum Gasteiger partial charge on any atom is -0.478 e. The van der Waals surface area contributed by atoms with Crippen LogP contribution in [0.4, 0.5) is 0 Å². The van der Waals surface area contributed by atoms with Gasteiger partial charge in [0.25, 0.3) is 5.91 Å². The topological polar surface area (TPSA) is 75.6 Å². The summed E-state index contributed by atoms with van der Waals surface area (Å²) in [5.41, 5.74) is 0.199. The van der Waals surface area contributed by atoms with Gasteiger partial charge in [-0.2, -0.15) is 0 Å². The van der Waals surface area contributed by atoms with E-state index in [1.807, 2.05) is 0 Å². The van der Waals surface area contributed by atoms with E-state index >= 15 is 0 Å². The molecule has 1 saturated heterocycles. The Balaban J connectivity index is 2.01. The second-order valence-corrected chi connectivity index (χ2v) is 4.20. The van der Waals surface area contributed by atoms with E-state index in [0.717, 1.165) is 19.4 Å². The zero-order chi connectivity index (χ0) is 13.0. The maximum Gasteiger partial charge on any atom is 0.336 e. The lowest BCUT2D eigenvalue weighted by molar-refractivity contribution is 0.0689. The summed E-state index contributed by atoms with van der Waals surface area (Å²) in [6.45, 7) is 1.15. The van der Waals surface area contributed by atoms with E-state index in [0.29, 0.717) is 6.54 Å². The molecule has 0 radical (unpaired) electrons. The fourth-order valence-corrected chi connectivity index (χ4v) is 1.97. The van der Waals surface area contributed by atoms with Crippen LogP contribution >= 0.6 is 0 Å². The van der Waals surface area contributed by atoms with Gasteiger partial charge in [-0.05, 0) is 25.0 Å². The Hall–Kier alpha value is -1.88. The Morgan fingerprint density at radius 1 is 1.33 bits per heavy atom. The molecule has 1 aromatic rings. The molecule has 0 bridgehead atoms. The number of hydrogen-bond acceptors (Lipinski definition) is 3. The molecular formula is C13H15NO4. The number of carbonyl (C=O) groups excluding carboxylic acids is 1. The molecule has 18 heavy (non-hydrogen) atoms. The standard InChI is InChI=1S/C13H15NO4/c15-12(14-8-9-4-3-7-18-9)10-5-1-2-6-11(10)13(16)17/h1-2,5-6,9H,3-4,7-8H2,(H,14,15)(H,16,17)/t9-/m0/s1. The van der Waals surface area contributed by atoms with Gasteiger partial charge in [0.15, 0.2) is 0 Å². The molecule has 1 aliphatic heterocycles. The van der Waals surface area contributed by atoms with Crippen LogP contribution in [0.2, 0.25) is 0 Å². The second-order valence-electron chi connectivity index (χ2n) is 4.20. The molecule has 1 amide bonds. The molecule has 2 N–H and O–H groups in total. The minimum atomic E-state index is -1.10. The van der Waals surface area contributed by atoms with Crippen LogP contribution in [0.25, 0.3) is 0 Å². The SMILES string of the molecule is O=C(O)c1ccccc1C(=O)NC[C@@H]1CCCO1. The Kier molecular flexibility index (Phi) is 3.94. The molecule has 0 saturated carbocycles. The maximum atomic E-state index is 11.9. The average molecular weight is 249 g/mol. The Labute approximate surface area is 105 Å². The molecule has 1 aliphatic rings. The number of carboxylic acid groups (broad SMARTS) is 1. The van der Waals surface area contributed by atoms with E-state index in [4.69, 9.17) is 9.84 Å². The smallest absolute Gasteiger partial charge is 0.336 e. The summed E-state index contributed by atoms with van der Waals surface area (Å²) in [5, 5.41) is 11.7. The molecule has 5 heteroatoms. The van der Waals surface area contributed by atoms with Crippen molar-refractivity contribution in [2.75, 3.05) is 13.2 Å². The lowest BCUT2D eigenvalue weighted by Gasteiger charge is -2.11. The third-order valence-electron chi connectivity index (χ3n) is 2.92. The third-order valence-corrected chi connectivity index (χ3v) is 2.92. The zero-order valence-electron chi connectivity index (χ0n) is 9.89. The number of carbonyl (C=O) groups is 2. The first-order valence-corrected chi connectivity index (χ1v) is 5.90. The maximum absolute atomic E-state index is 11.9. The van der Waals surface area contributed by atoms with Crippen LogP contribution in [0.5, 0.6) is 0 Å². The van der Waals surface area contributed by atoms with Gasteiger partial charge >= 0.3 is 5.97 Å². The normalized spacial score (nSPS) is 18.6. The molecule has 1 atom stereocenters. The van der Waals surface area contributed by atoms with Crippen molar-refractivity contribution in [3.63, 3.8) is 0 Å². The summed E-state index contributed by atoms with van der Waals surface area (Å²) in [4.78, 5) is 22.9. The van der Waals surface area contributed by atoms with E-state index in [-0.39, 0.29) is 23.1 Å². The molecule has 1 heterocycles. The number of carboxylic acids is 1. The van der Waals surface area contributed by atoms with Gasteiger partial charge in [-0.15, -0.1) is 0 Å². The van der Waals surface area contributed by atoms with Crippen molar-refractivity contribution in [1.29, 1.82) is 0 Å². The van der Waals surface area contributed by atoms with Crippen LogP contribution in [0.3, 0.4) is 0 Å². The molecule has 0 aliphatic carbocycles. The number of hydrogen-bond donors (Lipinski definition) is 2. The summed E-state index contributed by atoms with van der Waals surface area (Å²) in [6.07, 6.45) is 1.98. The van der Waals surface area contributed by atoms with Crippen LogP contribution in [0.15, 0.2) is 24.3 Å². The van der Waals surface area contributed by atoms with Crippen LogP contribution in [0.1, 0.15) is 33.6 Å². The van der Waals surface area contributed by atoms with Gasteiger partial charge in [0.1, 0.15) is 0 Å². The Morgan fingerprint density at radius 3 is 2.67 bits per heavy atom. The highest BCUT2D eigenvalue weighted by Gasteiger charge is 2.19. The predicted octanol–water partition coefficient (Wildman–Crippen LogP) is 1.29. The minimum absolute atomic E-state index is 0.0161. The molecule has 5 nitrogen and oxygen atoms in total. The third kappa shape index (κ3) is 2.87. The van der Waals surface area contributed by atoms with E-state index in [9.17, 15) is 9.59 Å². The Morgan fingerprint density at radius 2 is 2.06 bits per heavy atom. The van der Waals surface area contributed by atoms with Crippen molar-refractivity contribution in [2.24, 2.45) is 0 Å². The van der Waals surface area contributed by atoms with E-state index in [1.165, 1.54) is 12.1 Å². The number of rotatable bonds is 4. The van der Waals surface area contributed by atoms with Gasteiger partial charge < -0.3 is 15.2 Å². The fourth-order valence-electron chi connectivity index (χ4n) is 1.97. The van der Waals surface area contributed by atoms with Crippen molar-refractivity contribution >= 4 is 11.9 Å². The first kappa shape index (κ1) is 12.6. The molecule has 96 valence electrons. The largest absolute Gasteiger partial charge is 0.478 e. The summed E-state index contributed by atoms with van der Waals surface area (Å²) >= 11 is 0. The molecule has 1 aromatic carbocycles. The zero-order valence-corrected chi connectivity index (χ0v) is 9.89. The first-order valence-electron chi connectivity index (χ1n) is 5.90. The van der Waals surface area contributed by atoms with Crippen molar-refractivity contribution in [3.05, 3.63) is 35.4 Å². The van der Waals surface area contributed by atoms with Gasteiger partial charge in [0.05, 0.1) is 17.2 Å². The quantitative estimate of drug-likeness (QED) is 0.843. The van der Waals surface area contributed by atoms with E-state index < -0.39 is 5.97 Å². The van der Waals surface area contributed by atoms with Crippen molar-refractivity contribution in [2.45, 2.75) is 18.9 Å². The van der Waals surface area contributed by atoms with Crippen LogP contribution < -0.4 is 5.32 Å². The number of benzene rings is 1. The van der Waals surface area contributed by atoms with Gasteiger partial charge in [-0.3, -0.25) is 4.79 Å². The number of aromatic carboxylic acids is 1. The van der Waals surface area contributed by atoms with Crippen LogP contribution in [-0.4, -0.2) is 36.2 Å². The number of ether oxygens (including phenoxy) is 1. The van der Waals surface area contributed by atoms with Gasteiger partial charge in [-0.25, -0.2) is 4.79 Å². The van der Waals surface area contributed by atoms with E-state index in [1.54, 1.807) is 12.1 Å². The monoisotopic (exact) mass is 249 g/mol. The first-order chi connectivity index (χ1) is 8.68. The molecule has 1 fully saturated rings. The number of amides is 1. The lowest BCUT2D eigenvalue weighted by Crippen LogP contribution is -2.32. The van der Waals surface area contributed by atoms with Crippen molar-refractivity contribution < 1.29 is 19.4 Å². The molecule has 0 unspecified atom stereocenters. The van der Waals surface area contributed by atoms with Crippen molar-refractivity contribution in [3.8, 4) is 0 Å². The lowest BCUT2D eigenvalue weighted by atomic mass is 10.1. The summed E-state index contributed by atoms with van der Waals surface area (Å²) in [5.74, 6) is -1.47. The van der Waals surface area contributed by atoms with E-state index in [2.05, 4.69) is 5.32 Å². The molecule has 2 rings (SSSR count). The van der Waals surface area contributed by atoms with Crippen LogP contribution in [0, 0.1) is 0 Å². The summed E-state index contributed by atoms with van der Waals surface area (Å²) in [6, 6.07) is 6.17. The molecular weight excluding hydrogens is 234 g/mol. The average Bonchev–Trinajstić information content (AvgIpc) is 2.89. The highest BCUT2D eigenvalue weighted by atomic mass is 16.5. The summed E-state index contributed by atoms with van der Waals surface area (Å²) < 4.78 is 5.39. The summed E-state index contributed by atoms with van der Waals surface area (Å²) in [7, 11) is 0. The Bertz CT molecular complexity index is 452. The fraction of sp³-hybridized carbons (Fsp3) is 0.385. The van der Waals surface area contributed by atoms with Crippen molar-refractivity contribution in [1.82, 2.24) is 5.32 Å².